The minimum Gasteiger partial charge on any atom is -0.470 e. The Hall–Kier alpha value is -4.32. The first-order chi connectivity index (χ1) is 17.6. The number of nitrogens with zero attached hydrogens (tertiary/aromatic N) is 3. The second kappa shape index (κ2) is 12.1. The third-order valence-electron chi connectivity index (χ3n) is 5.65. The Kier molecular flexibility index (Phi) is 8.90. The number of carbonyl (C=O) groups excluding carboxylic acids is 1. The van der Waals surface area contributed by atoms with E-state index in [2.05, 4.69) is 15.3 Å². The molecule has 3 aromatic rings. The lowest BCUT2D eigenvalue weighted by atomic mass is 9.99. The lowest BCUT2D eigenvalue weighted by Crippen LogP contribution is -2.42. The number of unbranched alkanes of at least 4 members (excludes halogenated alkanes) is 1. The molecule has 37 heavy (non-hydrogen) atoms. The average Bonchev–Trinajstić information content (AvgIpc) is 2.85. The summed E-state index contributed by atoms with van der Waals surface area (Å²) in [4.78, 5) is 21.7. The van der Waals surface area contributed by atoms with Crippen molar-refractivity contribution in [1.29, 1.82) is 10.8 Å². The molecule has 0 bridgehead atoms. The SMILES string of the molecule is CCC(NC(=N)N)Oc1ccc(CCCCN(C(=N)N)C(=O)c2nc(Cl)c(N)nc2N)c2ccccc12. The van der Waals surface area contributed by atoms with Crippen LogP contribution in [0, 0.1) is 10.8 Å². The van der Waals surface area contributed by atoms with E-state index in [1.54, 1.807) is 0 Å². The molecule has 3 rings (SSSR count). The second-order valence-corrected chi connectivity index (χ2v) is 8.63. The summed E-state index contributed by atoms with van der Waals surface area (Å²) in [5.74, 6) is -0.842. The van der Waals surface area contributed by atoms with Crippen molar-refractivity contribution in [3.63, 3.8) is 0 Å². The monoisotopic (exact) mass is 526 g/mol. The summed E-state index contributed by atoms with van der Waals surface area (Å²) in [5, 5.41) is 19.9. The van der Waals surface area contributed by atoms with Crippen molar-refractivity contribution in [1.82, 2.24) is 20.2 Å². The van der Waals surface area contributed by atoms with Crippen LogP contribution < -0.4 is 33.0 Å². The second-order valence-electron chi connectivity index (χ2n) is 8.27. The fourth-order valence-electron chi connectivity index (χ4n) is 3.84. The number of halogens is 1. The first-order valence-corrected chi connectivity index (χ1v) is 12.0. The molecule has 11 N–H and O–H groups in total. The van der Waals surface area contributed by atoms with Crippen molar-refractivity contribution in [3.05, 3.63) is 52.8 Å². The van der Waals surface area contributed by atoms with Crippen molar-refractivity contribution in [2.24, 2.45) is 11.5 Å². The third-order valence-corrected chi connectivity index (χ3v) is 5.93. The number of amides is 1. The molecule has 1 heterocycles. The van der Waals surface area contributed by atoms with Gasteiger partial charge < -0.3 is 33.0 Å². The predicted molar refractivity (Wildman–Crippen MR) is 145 cm³/mol. The van der Waals surface area contributed by atoms with Crippen LogP contribution in [0.3, 0.4) is 0 Å². The molecule has 0 fully saturated rings. The number of hydrogen-bond donors (Lipinski definition) is 7. The smallest absolute Gasteiger partial charge is 0.283 e. The molecule has 13 heteroatoms. The van der Waals surface area contributed by atoms with Gasteiger partial charge in [0.1, 0.15) is 5.75 Å². The van der Waals surface area contributed by atoms with Crippen molar-refractivity contribution >= 4 is 51.8 Å². The van der Waals surface area contributed by atoms with Crippen LogP contribution in [0.1, 0.15) is 42.2 Å². The highest BCUT2D eigenvalue weighted by molar-refractivity contribution is 6.31. The van der Waals surface area contributed by atoms with E-state index < -0.39 is 18.1 Å². The van der Waals surface area contributed by atoms with Crippen molar-refractivity contribution in [2.75, 3.05) is 18.0 Å². The summed E-state index contributed by atoms with van der Waals surface area (Å²) < 4.78 is 6.07. The molecule has 1 atom stereocenters. The molecule has 196 valence electrons. The van der Waals surface area contributed by atoms with Crippen LogP contribution in [0.2, 0.25) is 5.15 Å². The number of fused-ring (bicyclic) bond motifs is 1. The Balaban J connectivity index is 1.70. The Morgan fingerprint density at radius 1 is 1.08 bits per heavy atom. The summed E-state index contributed by atoms with van der Waals surface area (Å²) in [6.45, 7) is 2.13. The molecule has 1 unspecified atom stereocenters. The van der Waals surface area contributed by atoms with Gasteiger partial charge in [-0.25, -0.2) is 9.97 Å². The third kappa shape index (κ3) is 6.67. The van der Waals surface area contributed by atoms with Gasteiger partial charge in [0, 0.05) is 18.4 Å². The van der Waals surface area contributed by atoms with Gasteiger partial charge in [-0.3, -0.25) is 20.5 Å². The number of nitrogen functional groups attached to an aromatic ring is 2. The number of nitrogens with two attached hydrogens (primary N) is 4. The molecule has 0 radical (unpaired) electrons. The van der Waals surface area contributed by atoms with Crippen molar-refractivity contribution in [3.8, 4) is 5.75 Å². The lowest BCUT2D eigenvalue weighted by Gasteiger charge is -2.21. The minimum absolute atomic E-state index is 0.0888. The van der Waals surface area contributed by atoms with Crippen LogP contribution in [0.5, 0.6) is 5.75 Å². The molecule has 0 aliphatic heterocycles. The first-order valence-electron chi connectivity index (χ1n) is 11.6. The maximum absolute atomic E-state index is 12.9. The molecule has 1 amide bonds. The number of anilines is 2. The summed E-state index contributed by atoms with van der Waals surface area (Å²) in [6.07, 6.45) is 2.21. The van der Waals surface area contributed by atoms with Crippen LogP contribution in [-0.2, 0) is 6.42 Å². The van der Waals surface area contributed by atoms with Crippen LogP contribution in [0.4, 0.5) is 11.6 Å². The summed E-state index contributed by atoms with van der Waals surface area (Å²) in [7, 11) is 0. The van der Waals surface area contributed by atoms with Crippen LogP contribution >= 0.6 is 11.6 Å². The zero-order valence-corrected chi connectivity index (χ0v) is 21.2. The van der Waals surface area contributed by atoms with E-state index in [-0.39, 0.29) is 35.0 Å². The van der Waals surface area contributed by atoms with Crippen LogP contribution in [-0.4, -0.2) is 45.5 Å². The Bertz CT molecular complexity index is 1320. The van der Waals surface area contributed by atoms with E-state index in [1.165, 1.54) is 0 Å². The highest BCUT2D eigenvalue weighted by Gasteiger charge is 2.24. The van der Waals surface area contributed by atoms with Gasteiger partial charge in [0.2, 0.25) is 0 Å². The Morgan fingerprint density at radius 3 is 2.43 bits per heavy atom. The molecule has 0 aliphatic rings. The number of aryl methyl sites for hydroxylation is 1. The lowest BCUT2D eigenvalue weighted by molar-refractivity contribution is 0.0838. The first kappa shape index (κ1) is 27.3. The van der Waals surface area contributed by atoms with E-state index in [1.807, 2.05) is 43.3 Å². The maximum Gasteiger partial charge on any atom is 0.283 e. The molecule has 0 aliphatic carbocycles. The van der Waals surface area contributed by atoms with Crippen molar-refractivity contribution in [2.45, 2.75) is 38.8 Å². The van der Waals surface area contributed by atoms with E-state index in [0.717, 1.165) is 27.7 Å². The summed E-state index contributed by atoms with van der Waals surface area (Å²) in [5.41, 5.74) is 23.4. The molecule has 2 aromatic carbocycles. The molecular formula is C24H31ClN10O2. The van der Waals surface area contributed by atoms with Gasteiger partial charge >= 0.3 is 0 Å². The number of guanidine groups is 2. The fraction of sp³-hybridized carbons (Fsp3) is 0.292. The molecule has 0 saturated carbocycles. The molecule has 0 spiro atoms. The fourth-order valence-corrected chi connectivity index (χ4v) is 3.97. The molecule has 0 saturated heterocycles. The molecular weight excluding hydrogens is 496 g/mol. The Labute approximate surface area is 219 Å². The number of nitrogens with one attached hydrogen (secondary N) is 3. The predicted octanol–water partition coefficient (Wildman–Crippen LogP) is 2.40. The average molecular weight is 527 g/mol. The topological polar surface area (TPSA) is 219 Å². The van der Waals surface area contributed by atoms with Gasteiger partial charge in [-0.05, 0) is 36.3 Å². The van der Waals surface area contributed by atoms with Crippen LogP contribution in [0.15, 0.2) is 36.4 Å². The number of carbonyl (C=O) groups is 1. The number of ether oxygens (including phenoxy) is 1. The van der Waals surface area contributed by atoms with Gasteiger partial charge in [-0.1, -0.05) is 48.9 Å². The number of aromatic nitrogens is 2. The zero-order chi connectivity index (χ0) is 27.1. The largest absolute Gasteiger partial charge is 0.470 e. The molecule has 1 aromatic heterocycles. The number of hydrogen-bond acceptors (Lipinski definition) is 8. The molecule has 12 nitrogen and oxygen atoms in total. The van der Waals surface area contributed by atoms with E-state index in [9.17, 15) is 4.79 Å². The number of benzene rings is 2. The van der Waals surface area contributed by atoms with E-state index in [4.69, 9.17) is 50.1 Å². The van der Waals surface area contributed by atoms with Gasteiger partial charge in [0.15, 0.2) is 40.6 Å². The number of rotatable bonds is 10. The summed E-state index contributed by atoms with van der Waals surface area (Å²) in [6, 6.07) is 11.8. The van der Waals surface area contributed by atoms with Gasteiger partial charge in [0.05, 0.1) is 0 Å². The zero-order valence-electron chi connectivity index (χ0n) is 20.4. The summed E-state index contributed by atoms with van der Waals surface area (Å²) >= 11 is 5.89. The standard InChI is InChI=1S/C24H31ClN10O2/c1-2-17(32-23(28)29)37-16-11-10-13(14-8-3-4-9-15(14)16)7-5-6-12-35(24(30)31)22(36)18-20(26)34-21(27)19(25)33-18/h3-4,8-11,17H,2,5-7,12H2,1H3,(H3,30,31)(H4,26,27,34)(H4,28,29,32). The minimum atomic E-state index is -0.670. The quantitative estimate of drug-likeness (QED) is 0.0890. The van der Waals surface area contributed by atoms with Gasteiger partial charge in [-0.15, -0.1) is 0 Å². The van der Waals surface area contributed by atoms with E-state index >= 15 is 0 Å². The normalized spacial score (nSPS) is 11.6. The van der Waals surface area contributed by atoms with Crippen LogP contribution in [0.25, 0.3) is 10.8 Å². The van der Waals surface area contributed by atoms with Crippen molar-refractivity contribution < 1.29 is 9.53 Å². The Morgan fingerprint density at radius 2 is 1.78 bits per heavy atom. The maximum atomic E-state index is 12.9. The highest BCUT2D eigenvalue weighted by atomic mass is 35.5. The van der Waals surface area contributed by atoms with E-state index in [0.29, 0.717) is 25.0 Å². The van der Waals surface area contributed by atoms with Gasteiger partial charge in [-0.2, -0.15) is 0 Å². The van der Waals surface area contributed by atoms with Gasteiger partial charge in [0.25, 0.3) is 5.91 Å². The highest BCUT2D eigenvalue weighted by Crippen LogP contribution is 2.30.